The summed E-state index contributed by atoms with van der Waals surface area (Å²) < 4.78 is 1.91. The molecule has 0 bridgehead atoms. The number of nitrogens with zero attached hydrogens (tertiary/aromatic N) is 3. The highest BCUT2D eigenvalue weighted by Gasteiger charge is 2.17. The molecule has 2 aromatic carbocycles. The zero-order chi connectivity index (χ0) is 21.1. The van der Waals surface area contributed by atoms with Crippen molar-refractivity contribution in [3.63, 3.8) is 0 Å². The van der Waals surface area contributed by atoms with Gasteiger partial charge in [-0.3, -0.25) is 9.59 Å². The van der Waals surface area contributed by atoms with Crippen molar-refractivity contribution in [1.29, 1.82) is 0 Å². The molecule has 0 saturated carbocycles. The molecule has 1 N–H and O–H groups in total. The van der Waals surface area contributed by atoms with Gasteiger partial charge in [0.2, 0.25) is 0 Å². The minimum atomic E-state index is -0.201. The second-order valence-corrected chi connectivity index (χ2v) is 7.59. The first-order valence-electron chi connectivity index (χ1n) is 9.97. The molecule has 0 fully saturated rings. The normalized spacial score (nSPS) is 11.3. The number of rotatable bonds is 7. The Morgan fingerprint density at radius 2 is 1.90 bits per heavy atom. The second kappa shape index (κ2) is 8.47. The number of H-pyrrole nitrogens is 1. The van der Waals surface area contributed by atoms with Crippen molar-refractivity contribution in [2.75, 3.05) is 20.6 Å². The van der Waals surface area contributed by atoms with Crippen molar-refractivity contribution < 1.29 is 4.79 Å². The van der Waals surface area contributed by atoms with Crippen molar-refractivity contribution in [3.05, 3.63) is 83.0 Å². The molecule has 0 saturated heterocycles. The molecule has 0 spiro atoms. The van der Waals surface area contributed by atoms with Crippen molar-refractivity contribution in [3.8, 4) is 16.8 Å². The Morgan fingerprint density at radius 3 is 2.67 bits per heavy atom. The van der Waals surface area contributed by atoms with Gasteiger partial charge in [-0.25, -0.2) is 4.98 Å². The van der Waals surface area contributed by atoms with Crippen LogP contribution in [-0.4, -0.2) is 45.9 Å². The molecule has 4 rings (SSSR count). The van der Waals surface area contributed by atoms with E-state index in [1.54, 1.807) is 0 Å². The number of para-hydroxylation sites is 1. The van der Waals surface area contributed by atoms with Gasteiger partial charge in [0.15, 0.2) is 11.4 Å². The van der Waals surface area contributed by atoms with Crippen LogP contribution in [0.25, 0.3) is 27.8 Å². The molecule has 30 heavy (non-hydrogen) atoms. The van der Waals surface area contributed by atoms with Crippen LogP contribution in [0, 0.1) is 0 Å². The number of hydrogen-bond acceptors (Lipinski definition) is 4. The number of ketones is 1. The molecule has 0 radical (unpaired) electrons. The SMILES string of the molecule is CN(C)CCCC(=O)c1cccc(-c2cn(-c3ccccc3)c3nc[nH]c(=O)c23)c1. The summed E-state index contributed by atoms with van der Waals surface area (Å²) in [5.74, 6) is 0.109. The maximum atomic E-state index is 12.7. The van der Waals surface area contributed by atoms with Gasteiger partial charge in [-0.1, -0.05) is 36.4 Å². The third-order valence-corrected chi connectivity index (χ3v) is 5.13. The summed E-state index contributed by atoms with van der Waals surface area (Å²) in [6.07, 6.45) is 4.64. The molecule has 0 atom stereocenters. The summed E-state index contributed by atoms with van der Waals surface area (Å²) in [7, 11) is 4.00. The molecular formula is C24H24N4O2. The molecule has 2 aromatic heterocycles. The van der Waals surface area contributed by atoms with Gasteiger partial charge in [0.05, 0.1) is 11.7 Å². The zero-order valence-electron chi connectivity index (χ0n) is 17.1. The van der Waals surface area contributed by atoms with Crippen molar-refractivity contribution >= 4 is 16.8 Å². The van der Waals surface area contributed by atoms with Crippen molar-refractivity contribution in [1.82, 2.24) is 19.4 Å². The summed E-state index contributed by atoms with van der Waals surface area (Å²) in [6, 6.07) is 17.3. The molecule has 0 amide bonds. The number of nitrogens with one attached hydrogen (secondary N) is 1. The topological polar surface area (TPSA) is 71.0 Å². The van der Waals surface area contributed by atoms with E-state index in [2.05, 4.69) is 14.9 Å². The Morgan fingerprint density at radius 1 is 1.10 bits per heavy atom. The van der Waals surface area contributed by atoms with E-state index >= 15 is 0 Å². The Hall–Kier alpha value is -3.51. The van der Waals surface area contributed by atoms with Crippen LogP contribution < -0.4 is 5.56 Å². The number of fused-ring (bicyclic) bond motifs is 1. The van der Waals surface area contributed by atoms with Gasteiger partial charge in [-0.2, -0.15) is 0 Å². The molecule has 6 nitrogen and oxygen atoms in total. The number of carbonyl (C=O) groups excluding carboxylic acids is 1. The first-order valence-corrected chi connectivity index (χ1v) is 9.97. The minimum absolute atomic E-state index is 0.109. The van der Waals surface area contributed by atoms with Crippen LogP contribution in [-0.2, 0) is 0 Å². The molecule has 0 unspecified atom stereocenters. The maximum absolute atomic E-state index is 12.7. The Balaban J connectivity index is 1.77. The average Bonchev–Trinajstić information content (AvgIpc) is 3.15. The molecule has 4 aromatic rings. The monoisotopic (exact) mass is 400 g/mol. The lowest BCUT2D eigenvalue weighted by molar-refractivity contribution is 0.0977. The predicted molar refractivity (Wildman–Crippen MR) is 119 cm³/mol. The molecule has 0 aliphatic rings. The highest BCUT2D eigenvalue weighted by atomic mass is 16.1. The van der Waals surface area contributed by atoms with E-state index in [1.807, 2.05) is 79.5 Å². The highest BCUT2D eigenvalue weighted by Crippen LogP contribution is 2.30. The number of aromatic amines is 1. The highest BCUT2D eigenvalue weighted by molar-refractivity contribution is 5.99. The molecule has 152 valence electrons. The van der Waals surface area contributed by atoms with Gasteiger partial charge >= 0.3 is 0 Å². The fourth-order valence-electron chi connectivity index (χ4n) is 3.64. The van der Waals surface area contributed by atoms with E-state index in [-0.39, 0.29) is 11.3 Å². The third kappa shape index (κ3) is 3.95. The van der Waals surface area contributed by atoms with Gasteiger partial charge in [0.1, 0.15) is 0 Å². The lowest BCUT2D eigenvalue weighted by Gasteiger charge is -2.09. The van der Waals surface area contributed by atoms with E-state index in [1.165, 1.54) is 6.33 Å². The van der Waals surface area contributed by atoms with Crippen LogP contribution >= 0.6 is 0 Å². The van der Waals surface area contributed by atoms with Crippen LogP contribution in [0.2, 0.25) is 0 Å². The number of Topliss-reactive ketones (excluding diaryl/α,β-unsaturated/α-hetero) is 1. The smallest absolute Gasteiger partial charge is 0.260 e. The minimum Gasteiger partial charge on any atom is -0.312 e. The molecule has 2 heterocycles. The van der Waals surface area contributed by atoms with Crippen LogP contribution in [0.1, 0.15) is 23.2 Å². The number of hydrogen-bond donors (Lipinski definition) is 1. The molecule has 0 aliphatic carbocycles. The molecule has 6 heteroatoms. The van der Waals surface area contributed by atoms with E-state index in [4.69, 9.17) is 0 Å². The summed E-state index contributed by atoms with van der Waals surface area (Å²) >= 11 is 0. The summed E-state index contributed by atoms with van der Waals surface area (Å²) in [4.78, 5) is 34.5. The molecular weight excluding hydrogens is 376 g/mol. The van der Waals surface area contributed by atoms with E-state index in [0.29, 0.717) is 23.0 Å². The Labute approximate surface area is 174 Å². The van der Waals surface area contributed by atoms with Gasteiger partial charge < -0.3 is 14.5 Å². The standard InChI is InChI=1S/C24H24N4O2/c1-27(2)13-7-12-21(29)18-9-6-8-17(14-18)20-15-28(19-10-4-3-5-11-19)23-22(20)24(30)26-16-25-23/h3-6,8-11,14-16H,7,12-13H2,1-2H3,(H,25,26,30). The summed E-state index contributed by atoms with van der Waals surface area (Å²) in [5, 5.41) is 0.513. The van der Waals surface area contributed by atoms with Gasteiger partial charge in [0.25, 0.3) is 5.56 Å². The number of carbonyl (C=O) groups is 1. The third-order valence-electron chi connectivity index (χ3n) is 5.13. The quantitative estimate of drug-likeness (QED) is 0.478. The lowest BCUT2D eigenvalue weighted by Crippen LogP contribution is -2.14. The summed E-state index contributed by atoms with van der Waals surface area (Å²) in [5.41, 5.74) is 3.54. The van der Waals surface area contributed by atoms with E-state index in [9.17, 15) is 9.59 Å². The van der Waals surface area contributed by atoms with E-state index < -0.39 is 0 Å². The average molecular weight is 400 g/mol. The van der Waals surface area contributed by atoms with Crippen LogP contribution in [0.4, 0.5) is 0 Å². The first-order chi connectivity index (χ1) is 14.5. The van der Waals surface area contributed by atoms with Crippen molar-refractivity contribution in [2.45, 2.75) is 12.8 Å². The van der Waals surface area contributed by atoms with Crippen LogP contribution in [0.5, 0.6) is 0 Å². The first kappa shape index (κ1) is 19.8. The zero-order valence-corrected chi connectivity index (χ0v) is 17.1. The largest absolute Gasteiger partial charge is 0.312 e. The molecule has 0 aliphatic heterocycles. The predicted octanol–water partition coefficient (Wildman–Crippen LogP) is 3.91. The van der Waals surface area contributed by atoms with Gasteiger partial charge in [-0.15, -0.1) is 0 Å². The number of aromatic nitrogens is 3. The fraction of sp³-hybridized carbons (Fsp3) is 0.208. The van der Waals surface area contributed by atoms with E-state index in [0.717, 1.165) is 29.8 Å². The fourth-order valence-corrected chi connectivity index (χ4v) is 3.64. The van der Waals surface area contributed by atoms with Gasteiger partial charge in [-0.05, 0) is 50.8 Å². The maximum Gasteiger partial charge on any atom is 0.260 e. The van der Waals surface area contributed by atoms with Crippen molar-refractivity contribution in [2.24, 2.45) is 0 Å². The van der Waals surface area contributed by atoms with Crippen LogP contribution in [0.15, 0.2) is 71.9 Å². The lowest BCUT2D eigenvalue weighted by atomic mass is 10.00. The Bertz CT molecular complexity index is 1240. The Kier molecular flexibility index (Phi) is 5.59. The summed E-state index contributed by atoms with van der Waals surface area (Å²) in [6.45, 7) is 0.872. The number of benzene rings is 2. The van der Waals surface area contributed by atoms with Crippen LogP contribution in [0.3, 0.4) is 0 Å². The van der Waals surface area contributed by atoms with Gasteiger partial charge in [0, 0.05) is 29.4 Å². The second-order valence-electron chi connectivity index (χ2n) is 7.59.